The van der Waals surface area contributed by atoms with Gasteiger partial charge in [-0.1, -0.05) is 12.1 Å². The Kier molecular flexibility index (Phi) is 4.31. The van der Waals surface area contributed by atoms with E-state index in [9.17, 15) is 19.1 Å². The van der Waals surface area contributed by atoms with E-state index in [0.717, 1.165) is 0 Å². The van der Waals surface area contributed by atoms with Crippen molar-refractivity contribution < 1.29 is 24.2 Å². The highest BCUT2D eigenvalue weighted by atomic mass is 19.1. The van der Waals surface area contributed by atoms with Gasteiger partial charge < -0.3 is 15.5 Å². The van der Waals surface area contributed by atoms with Crippen molar-refractivity contribution in [2.75, 3.05) is 18.4 Å². The highest BCUT2D eigenvalue weighted by Gasteiger charge is 2.36. The summed E-state index contributed by atoms with van der Waals surface area (Å²) in [4.78, 5) is 24.2. The third-order valence-electron chi connectivity index (χ3n) is 3.16. The number of nitrogens with one attached hydrogen (secondary N) is 1. The normalized spacial score (nSPS) is 22.7. The molecule has 20 heavy (non-hydrogen) atoms. The summed E-state index contributed by atoms with van der Waals surface area (Å²) in [5.74, 6) is -2.16. The van der Waals surface area contributed by atoms with E-state index < -0.39 is 29.8 Å². The van der Waals surface area contributed by atoms with E-state index in [4.69, 9.17) is 5.11 Å². The molecule has 0 saturated carbocycles. The predicted octanol–water partition coefficient (Wildman–Crippen LogP) is 0.284. The van der Waals surface area contributed by atoms with Crippen molar-refractivity contribution in [3.8, 4) is 0 Å². The number of carbonyl (C=O) groups is 2. The summed E-state index contributed by atoms with van der Waals surface area (Å²) in [5.41, 5.74) is 0.0455. The molecule has 1 aliphatic heterocycles. The number of hydrogen-bond donors (Lipinski definition) is 3. The highest BCUT2D eigenvalue weighted by molar-refractivity contribution is 5.92. The van der Waals surface area contributed by atoms with Crippen molar-refractivity contribution in [3.63, 3.8) is 0 Å². The SMILES string of the molecule is O=C(CN1CC(O)CC1C(=O)O)Nc1ccccc1F. The van der Waals surface area contributed by atoms with Crippen molar-refractivity contribution in [3.05, 3.63) is 30.1 Å². The maximum absolute atomic E-state index is 13.4. The van der Waals surface area contributed by atoms with Gasteiger partial charge in [0.15, 0.2) is 0 Å². The molecule has 1 aliphatic rings. The smallest absolute Gasteiger partial charge is 0.321 e. The van der Waals surface area contributed by atoms with Crippen LogP contribution in [-0.2, 0) is 9.59 Å². The number of aliphatic hydroxyl groups excluding tert-OH is 1. The summed E-state index contributed by atoms with van der Waals surface area (Å²) in [6.45, 7) is -0.0932. The van der Waals surface area contributed by atoms with Gasteiger partial charge in [0.2, 0.25) is 5.91 Å². The Hall–Kier alpha value is -1.99. The molecule has 2 unspecified atom stereocenters. The number of nitrogens with zero attached hydrogens (tertiary/aromatic N) is 1. The number of rotatable bonds is 4. The largest absolute Gasteiger partial charge is 0.480 e. The Morgan fingerprint density at radius 1 is 1.40 bits per heavy atom. The number of carboxylic acid groups (broad SMARTS) is 1. The Labute approximate surface area is 114 Å². The van der Waals surface area contributed by atoms with Crippen LogP contribution in [0.2, 0.25) is 0 Å². The van der Waals surface area contributed by atoms with Crippen LogP contribution in [0.15, 0.2) is 24.3 Å². The van der Waals surface area contributed by atoms with Crippen LogP contribution in [0.1, 0.15) is 6.42 Å². The molecule has 1 amide bonds. The van der Waals surface area contributed by atoms with Gasteiger partial charge in [-0.2, -0.15) is 0 Å². The van der Waals surface area contributed by atoms with Crippen LogP contribution in [0.4, 0.5) is 10.1 Å². The zero-order valence-electron chi connectivity index (χ0n) is 10.6. The Morgan fingerprint density at radius 2 is 2.10 bits per heavy atom. The molecular weight excluding hydrogens is 267 g/mol. The molecule has 0 spiro atoms. The second kappa shape index (κ2) is 5.98. The summed E-state index contributed by atoms with van der Waals surface area (Å²) >= 11 is 0. The quantitative estimate of drug-likeness (QED) is 0.738. The van der Waals surface area contributed by atoms with Gasteiger partial charge in [-0.15, -0.1) is 0 Å². The number of para-hydroxylation sites is 1. The molecular formula is C13H15FN2O4. The van der Waals surface area contributed by atoms with E-state index in [1.54, 1.807) is 6.07 Å². The number of carboxylic acids is 1. The minimum atomic E-state index is -1.08. The molecule has 0 aromatic heterocycles. The lowest BCUT2D eigenvalue weighted by molar-refractivity contribution is -0.142. The number of aliphatic hydroxyl groups is 1. The number of β-amino-alcohol motifs (C(OH)–C–C–N with tert-alkyl or cyclic N) is 1. The van der Waals surface area contributed by atoms with Crippen LogP contribution >= 0.6 is 0 Å². The number of anilines is 1. The lowest BCUT2D eigenvalue weighted by Gasteiger charge is -2.20. The Bertz CT molecular complexity index is 523. The molecule has 2 rings (SSSR count). The third-order valence-corrected chi connectivity index (χ3v) is 3.16. The molecule has 0 aliphatic carbocycles. The fraction of sp³-hybridized carbons (Fsp3) is 0.385. The lowest BCUT2D eigenvalue weighted by atomic mass is 10.2. The van der Waals surface area contributed by atoms with Crippen molar-refractivity contribution in [2.24, 2.45) is 0 Å². The van der Waals surface area contributed by atoms with E-state index >= 15 is 0 Å². The number of carbonyl (C=O) groups excluding carboxylic acids is 1. The second-order valence-electron chi connectivity index (χ2n) is 4.70. The van der Waals surface area contributed by atoms with Gasteiger partial charge >= 0.3 is 5.97 Å². The predicted molar refractivity (Wildman–Crippen MR) is 68.7 cm³/mol. The third kappa shape index (κ3) is 3.31. The van der Waals surface area contributed by atoms with Gasteiger partial charge in [-0.05, 0) is 12.1 Å². The highest BCUT2D eigenvalue weighted by Crippen LogP contribution is 2.18. The summed E-state index contributed by atoms with van der Waals surface area (Å²) in [5, 5.41) is 20.9. The first-order chi connectivity index (χ1) is 9.47. The van der Waals surface area contributed by atoms with Crippen LogP contribution in [0.3, 0.4) is 0 Å². The van der Waals surface area contributed by atoms with Crippen molar-refractivity contribution >= 4 is 17.6 Å². The summed E-state index contributed by atoms with van der Waals surface area (Å²) in [6.07, 6.45) is -0.681. The number of halogens is 1. The number of benzene rings is 1. The first-order valence-electron chi connectivity index (χ1n) is 6.16. The van der Waals surface area contributed by atoms with Crippen molar-refractivity contribution in [2.45, 2.75) is 18.6 Å². The maximum atomic E-state index is 13.4. The van der Waals surface area contributed by atoms with Gasteiger partial charge in [0.25, 0.3) is 0 Å². The molecule has 3 N–H and O–H groups in total. The first-order valence-corrected chi connectivity index (χ1v) is 6.16. The van der Waals surface area contributed by atoms with E-state index in [1.165, 1.54) is 23.1 Å². The second-order valence-corrected chi connectivity index (χ2v) is 4.70. The maximum Gasteiger partial charge on any atom is 0.321 e. The number of hydrogen-bond acceptors (Lipinski definition) is 4. The molecule has 0 radical (unpaired) electrons. The monoisotopic (exact) mass is 282 g/mol. The molecule has 108 valence electrons. The molecule has 1 saturated heterocycles. The first kappa shape index (κ1) is 14.4. The average molecular weight is 282 g/mol. The molecule has 1 aromatic carbocycles. The van der Waals surface area contributed by atoms with E-state index in [1.807, 2.05) is 0 Å². The zero-order valence-corrected chi connectivity index (χ0v) is 10.6. The lowest BCUT2D eigenvalue weighted by Crippen LogP contribution is -2.41. The summed E-state index contributed by atoms with van der Waals surface area (Å²) in [6, 6.07) is 4.83. The number of amides is 1. The van der Waals surface area contributed by atoms with Gasteiger partial charge in [-0.25, -0.2) is 4.39 Å². The standard InChI is InChI=1S/C13H15FN2O4/c14-9-3-1-2-4-10(9)15-12(18)7-16-6-8(17)5-11(16)13(19)20/h1-4,8,11,17H,5-7H2,(H,15,18)(H,19,20). The zero-order chi connectivity index (χ0) is 14.7. The van der Waals surface area contributed by atoms with E-state index in [0.29, 0.717) is 0 Å². The average Bonchev–Trinajstić information content (AvgIpc) is 2.73. The molecule has 7 heteroatoms. The fourth-order valence-electron chi connectivity index (χ4n) is 2.25. The Balaban J connectivity index is 1.98. The molecule has 1 aromatic rings. The van der Waals surface area contributed by atoms with E-state index in [2.05, 4.69) is 5.32 Å². The van der Waals surface area contributed by atoms with Crippen molar-refractivity contribution in [1.82, 2.24) is 4.90 Å². The number of aliphatic carboxylic acids is 1. The topological polar surface area (TPSA) is 89.9 Å². The van der Waals surface area contributed by atoms with Gasteiger partial charge in [0, 0.05) is 13.0 Å². The Morgan fingerprint density at radius 3 is 2.75 bits per heavy atom. The van der Waals surface area contributed by atoms with Crippen LogP contribution in [0.25, 0.3) is 0 Å². The molecule has 2 atom stereocenters. The molecule has 0 bridgehead atoms. The van der Waals surface area contributed by atoms with Crippen LogP contribution < -0.4 is 5.32 Å². The van der Waals surface area contributed by atoms with Gasteiger partial charge in [0.1, 0.15) is 11.9 Å². The van der Waals surface area contributed by atoms with E-state index in [-0.39, 0.29) is 25.2 Å². The molecule has 6 nitrogen and oxygen atoms in total. The summed E-state index contributed by atoms with van der Waals surface area (Å²) in [7, 11) is 0. The molecule has 1 heterocycles. The van der Waals surface area contributed by atoms with Crippen LogP contribution in [0.5, 0.6) is 0 Å². The number of likely N-dealkylation sites (tertiary alicyclic amines) is 1. The van der Waals surface area contributed by atoms with Crippen molar-refractivity contribution in [1.29, 1.82) is 0 Å². The molecule has 1 fully saturated rings. The summed E-state index contributed by atoms with van der Waals surface area (Å²) < 4.78 is 13.4. The van der Waals surface area contributed by atoms with Gasteiger partial charge in [0.05, 0.1) is 18.3 Å². The minimum Gasteiger partial charge on any atom is -0.480 e. The van der Waals surface area contributed by atoms with Crippen LogP contribution in [0, 0.1) is 5.82 Å². The van der Waals surface area contributed by atoms with Crippen LogP contribution in [-0.4, -0.2) is 52.2 Å². The minimum absolute atomic E-state index is 0.0455. The van der Waals surface area contributed by atoms with Gasteiger partial charge in [-0.3, -0.25) is 14.5 Å². The fourth-order valence-corrected chi connectivity index (χ4v) is 2.25.